The third kappa shape index (κ3) is 5.89. The second-order valence-electron chi connectivity index (χ2n) is 7.24. The average Bonchev–Trinajstić information content (AvgIpc) is 2.75. The summed E-state index contributed by atoms with van der Waals surface area (Å²) in [4.78, 5) is 14.1. The molecule has 30 heavy (non-hydrogen) atoms. The number of carbonyl (C=O) groups is 1. The highest BCUT2D eigenvalue weighted by Crippen LogP contribution is 2.20. The number of morpholine rings is 1. The van der Waals surface area contributed by atoms with E-state index in [0.29, 0.717) is 25.3 Å². The lowest BCUT2D eigenvalue weighted by Gasteiger charge is -2.31. The summed E-state index contributed by atoms with van der Waals surface area (Å²) in [7, 11) is -3.78. The van der Waals surface area contributed by atoms with Crippen LogP contribution in [0, 0.1) is 6.92 Å². The van der Waals surface area contributed by atoms with Crippen LogP contribution in [0.4, 0.5) is 0 Å². The van der Waals surface area contributed by atoms with E-state index in [9.17, 15) is 13.2 Å². The van der Waals surface area contributed by atoms with Gasteiger partial charge in [-0.1, -0.05) is 29.8 Å². The molecule has 1 unspecified atom stereocenters. The number of hydrogen-bond acceptors (Lipinski definition) is 6. The predicted octanol–water partition coefficient (Wildman–Crippen LogP) is 2.52. The fourth-order valence-corrected chi connectivity index (χ4v) is 4.51. The molecule has 1 atom stereocenters. The van der Waals surface area contributed by atoms with Gasteiger partial charge in [0, 0.05) is 19.6 Å². The Balaban J connectivity index is 1.80. The zero-order valence-electron chi connectivity index (χ0n) is 17.3. The Bertz CT molecular complexity index is 936. The smallest absolute Gasteiger partial charge is 0.338 e. The predicted molar refractivity (Wildman–Crippen MR) is 114 cm³/mol. The largest absolute Gasteiger partial charge is 0.462 e. The first kappa shape index (κ1) is 22.4. The van der Waals surface area contributed by atoms with Gasteiger partial charge in [-0.3, -0.25) is 4.90 Å². The van der Waals surface area contributed by atoms with Crippen LogP contribution >= 0.6 is 0 Å². The van der Waals surface area contributed by atoms with Crippen molar-refractivity contribution in [1.82, 2.24) is 9.62 Å². The third-order valence-corrected chi connectivity index (χ3v) is 6.48. The van der Waals surface area contributed by atoms with Crippen LogP contribution in [0.2, 0.25) is 0 Å². The lowest BCUT2D eigenvalue weighted by molar-refractivity contribution is 0.0345. The van der Waals surface area contributed by atoms with Gasteiger partial charge in [0.1, 0.15) is 0 Å². The van der Waals surface area contributed by atoms with Gasteiger partial charge < -0.3 is 9.47 Å². The minimum absolute atomic E-state index is 0.106. The van der Waals surface area contributed by atoms with E-state index in [2.05, 4.69) is 9.62 Å². The molecule has 0 saturated carbocycles. The standard InChI is InChI=1S/C22H28N2O5S/c1-3-29-22(25)19-8-10-20(11-9-19)30(26,27)23-21(16-24-12-14-28-15-13-24)18-6-4-17(2)5-7-18/h4-11,21,23H,3,12-16H2,1-2H3. The van der Waals surface area contributed by atoms with Crippen molar-refractivity contribution in [2.45, 2.75) is 24.8 Å². The van der Waals surface area contributed by atoms with Crippen molar-refractivity contribution in [2.75, 3.05) is 39.5 Å². The highest BCUT2D eigenvalue weighted by molar-refractivity contribution is 7.89. The topological polar surface area (TPSA) is 84.9 Å². The van der Waals surface area contributed by atoms with E-state index < -0.39 is 22.0 Å². The number of benzene rings is 2. The highest BCUT2D eigenvalue weighted by atomic mass is 32.2. The molecule has 0 aromatic heterocycles. The van der Waals surface area contributed by atoms with E-state index in [-0.39, 0.29) is 11.5 Å². The molecule has 162 valence electrons. The number of esters is 1. The van der Waals surface area contributed by atoms with Gasteiger partial charge in [-0.2, -0.15) is 0 Å². The summed E-state index contributed by atoms with van der Waals surface area (Å²) in [5.41, 5.74) is 2.33. The van der Waals surface area contributed by atoms with Crippen LogP contribution in [0.1, 0.15) is 34.5 Å². The van der Waals surface area contributed by atoms with Gasteiger partial charge >= 0.3 is 5.97 Å². The Hall–Kier alpha value is -2.26. The van der Waals surface area contributed by atoms with Crippen molar-refractivity contribution in [2.24, 2.45) is 0 Å². The fourth-order valence-electron chi connectivity index (χ4n) is 3.29. The molecule has 0 radical (unpaired) electrons. The van der Waals surface area contributed by atoms with Crippen LogP contribution in [-0.2, 0) is 19.5 Å². The Morgan fingerprint density at radius 3 is 2.33 bits per heavy atom. The molecule has 0 amide bonds. The first-order valence-corrected chi connectivity index (χ1v) is 11.5. The van der Waals surface area contributed by atoms with E-state index in [4.69, 9.17) is 9.47 Å². The van der Waals surface area contributed by atoms with Crippen LogP contribution in [0.15, 0.2) is 53.4 Å². The SMILES string of the molecule is CCOC(=O)c1ccc(S(=O)(=O)NC(CN2CCOCC2)c2ccc(C)cc2)cc1. The normalized spacial score (nSPS) is 16.2. The molecule has 0 aliphatic carbocycles. The Morgan fingerprint density at radius 2 is 1.73 bits per heavy atom. The summed E-state index contributed by atoms with van der Waals surface area (Å²) in [6.07, 6.45) is 0. The first-order chi connectivity index (χ1) is 14.4. The van der Waals surface area contributed by atoms with Crippen LogP contribution in [-0.4, -0.2) is 58.7 Å². The van der Waals surface area contributed by atoms with Gasteiger partial charge in [0.2, 0.25) is 10.0 Å². The van der Waals surface area contributed by atoms with Crippen molar-refractivity contribution in [3.05, 3.63) is 65.2 Å². The minimum atomic E-state index is -3.78. The van der Waals surface area contributed by atoms with E-state index in [1.807, 2.05) is 31.2 Å². The second-order valence-corrected chi connectivity index (χ2v) is 8.96. The molecule has 1 heterocycles. The number of sulfonamides is 1. The summed E-state index contributed by atoms with van der Waals surface area (Å²) in [6.45, 7) is 7.34. The van der Waals surface area contributed by atoms with Crippen LogP contribution in [0.25, 0.3) is 0 Å². The Morgan fingerprint density at radius 1 is 1.10 bits per heavy atom. The zero-order chi connectivity index (χ0) is 21.6. The van der Waals surface area contributed by atoms with Gasteiger partial charge in [0.15, 0.2) is 0 Å². The third-order valence-electron chi connectivity index (χ3n) is 5.00. The van der Waals surface area contributed by atoms with Gasteiger partial charge in [0.25, 0.3) is 0 Å². The molecular weight excluding hydrogens is 404 g/mol. The molecule has 1 N–H and O–H groups in total. The average molecular weight is 433 g/mol. The monoisotopic (exact) mass is 432 g/mol. The molecule has 1 aliphatic rings. The Labute approximate surface area is 178 Å². The second kappa shape index (κ2) is 10.2. The number of nitrogens with zero attached hydrogens (tertiary/aromatic N) is 1. The van der Waals surface area contributed by atoms with Crippen molar-refractivity contribution in [3.63, 3.8) is 0 Å². The summed E-state index contributed by atoms with van der Waals surface area (Å²) in [5, 5.41) is 0. The van der Waals surface area contributed by atoms with Crippen molar-refractivity contribution >= 4 is 16.0 Å². The van der Waals surface area contributed by atoms with Crippen molar-refractivity contribution in [1.29, 1.82) is 0 Å². The van der Waals surface area contributed by atoms with Gasteiger partial charge in [-0.05, 0) is 43.7 Å². The highest BCUT2D eigenvalue weighted by Gasteiger charge is 2.25. The summed E-state index contributed by atoms with van der Waals surface area (Å²) >= 11 is 0. The Kier molecular flexibility index (Phi) is 7.60. The maximum atomic E-state index is 13.1. The van der Waals surface area contributed by atoms with E-state index >= 15 is 0 Å². The first-order valence-electron chi connectivity index (χ1n) is 10.0. The summed E-state index contributed by atoms with van der Waals surface area (Å²) < 4.78 is 39.3. The molecule has 3 rings (SSSR count). The quantitative estimate of drug-likeness (QED) is 0.646. The molecule has 0 bridgehead atoms. The molecule has 0 spiro atoms. The van der Waals surface area contributed by atoms with Crippen LogP contribution in [0.5, 0.6) is 0 Å². The van der Waals surface area contributed by atoms with Gasteiger partial charge in [-0.15, -0.1) is 0 Å². The fraction of sp³-hybridized carbons (Fsp3) is 0.409. The molecule has 1 aliphatic heterocycles. The number of rotatable bonds is 8. The van der Waals surface area contributed by atoms with Gasteiger partial charge in [0.05, 0.1) is 36.3 Å². The molecule has 1 saturated heterocycles. The molecule has 1 fully saturated rings. The number of hydrogen-bond donors (Lipinski definition) is 1. The number of aryl methyl sites for hydroxylation is 1. The lowest BCUT2D eigenvalue weighted by atomic mass is 10.1. The summed E-state index contributed by atoms with van der Waals surface area (Å²) in [6, 6.07) is 13.2. The van der Waals surface area contributed by atoms with E-state index in [0.717, 1.165) is 24.2 Å². The maximum Gasteiger partial charge on any atom is 0.338 e. The maximum absolute atomic E-state index is 13.1. The van der Waals surface area contributed by atoms with Gasteiger partial charge in [-0.25, -0.2) is 17.9 Å². The van der Waals surface area contributed by atoms with Crippen molar-refractivity contribution in [3.8, 4) is 0 Å². The molecule has 2 aromatic rings. The van der Waals surface area contributed by atoms with E-state index in [1.54, 1.807) is 6.92 Å². The lowest BCUT2D eigenvalue weighted by Crippen LogP contribution is -2.43. The van der Waals surface area contributed by atoms with Crippen molar-refractivity contribution < 1.29 is 22.7 Å². The number of ether oxygens (including phenoxy) is 2. The molecule has 8 heteroatoms. The number of nitrogens with one attached hydrogen (secondary N) is 1. The van der Waals surface area contributed by atoms with Crippen LogP contribution < -0.4 is 4.72 Å². The van der Waals surface area contributed by atoms with E-state index in [1.165, 1.54) is 24.3 Å². The summed E-state index contributed by atoms with van der Waals surface area (Å²) in [5.74, 6) is -0.473. The zero-order valence-corrected chi connectivity index (χ0v) is 18.2. The molecular formula is C22H28N2O5S. The number of carbonyl (C=O) groups excluding carboxylic acids is 1. The minimum Gasteiger partial charge on any atom is -0.462 e. The van der Waals surface area contributed by atoms with Crippen LogP contribution in [0.3, 0.4) is 0 Å². The molecule has 7 nitrogen and oxygen atoms in total. The molecule has 2 aromatic carbocycles.